The van der Waals surface area contributed by atoms with Gasteiger partial charge in [0.1, 0.15) is 12.1 Å². The second kappa shape index (κ2) is 11.4. The Kier molecular flexibility index (Phi) is 8.34. The van der Waals surface area contributed by atoms with Gasteiger partial charge in [-0.25, -0.2) is 9.59 Å². The third-order valence-electron chi connectivity index (χ3n) is 5.07. The average Bonchev–Trinajstić information content (AvgIpc) is 2.81. The summed E-state index contributed by atoms with van der Waals surface area (Å²) in [6, 6.07) is 12.7. The minimum absolute atomic E-state index is 0.276. The predicted octanol–water partition coefficient (Wildman–Crippen LogP) is 3.71. The van der Waals surface area contributed by atoms with Crippen LogP contribution in [-0.2, 0) is 0 Å². The molecule has 0 aromatic heterocycles. The van der Waals surface area contributed by atoms with Gasteiger partial charge < -0.3 is 20.9 Å². The van der Waals surface area contributed by atoms with Crippen LogP contribution in [0.25, 0.3) is 0 Å². The van der Waals surface area contributed by atoms with E-state index in [1.807, 2.05) is 12.1 Å². The lowest BCUT2D eigenvalue weighted by Gasteiger charge is -2.34. The Morgan fingerprint density at radius 3 is 1.97 bits per heavy atom. The van der Waals surface area contributed by atoms with E-state index in [0.717, 1.165) is 0 Å². The van der Waals surface area contributed by atoms with Crippen molar-refractivity contribution < 1.29 is 9.59 Å². The summed E-state index contributed by atoms with van der Waals surface area (Å²) in [4.78, 5) is 28.5. The van der Waals surface area contributed by atoms with E-state index in [0.29, 0.717) is 66.3 Å². The van der Waals surface area contributed by atoms with Crippen LogP contribution in [0.15, 0.2) is 36.4 Å². The number of piperazine rings is 1. The van der Waals surface area contributed by atoms with E-state index in [1.54, 1.807) is 29.2 Å². The number of carbonyl (C=O) groups is 2. The van der Waals surface area contributed by atoms with Crippen LogP contribution in [0.1, 0.15) is 11.1 Å². The van der Waals surface area contributed by atoms with E-state index in [-0.39, 0.29) is 11.6 Å². The van der Waals surface area contributed by atoms with Crippen LogP contribution in [0.2, 0.25) is 10.0 Å². The summed E-state index contributed by atoms with van der Waals surface area (Å²) in [7, 11) is 0. The Morgan fingerprint density at radius 2 is 1.42 bits per heavy atom. The molecule has 0 saturated carbocycles. The molecular formula is C22H21Cl2N7O2. The molecule has 3 N–H and O–H groups in total. The van der Waals surface area contributed by atoms with Crippen molar-refractivity contribution in [1.29, 1.82) is 10.5 Å². The summed E-state index contributed by atoms with van der Waals surface area (Å²) in [5, 5.41) is 27.4. The molecule has 1 fully saturated rings. The van der Waals surface area contributed by atoms with Crippen molar-refractivity contribution in [3.63, 3.8) is 0 Å². The largest absolute Gasteiger partial charge is 0.337 e. The second-order valence-corrected chi connectivity index (χ2v) is 8.12. The van der Waals surface area contributed by atoms with Gasteiger partial charge in [0.15, 0.2) is 0 Å². The summed E-state index contributed by atoms with van der Waals surface area (Å²) >= 11 is 11.8. The SMILES string of the molecule is N#Cc1cc(Cl)ccc1NC(=O)NCCN1CCN(C(=O)Nc2ccc(Cl)cc2C#N)CC1. The van der Waals surface area contributed by atoms with Crippen molar-refractivity contribution in [3.8, 4) is 12.1 Å². The zero-order chi connectivity index (χ0) is 23.8. The maximum atomic E-state index is 12.5. The molecule has 3 rings (SSSR count). The number of rotatable bonds is 5. The molecule has 2 aromatic rings. The fraction of sp³-hybridized carbons (Fsp3) is 0.273. The van der Waals surface area contributed by atoms with Crippen molar-refractivity contribution in [3.05, 3.63) is 57.6 Å². The van der Waals surface area contributed by atoms with Gasteiger partial charge in [0, 0.05) is 49.3 Å². The molecule has 4 amide bonds. The molecule has 9 nitrogen and oxygen atoms in total. The zero-order valence-electron chi connectivity index (χ0n) is 17.6. The Balaban J connectivity index is 1.40. The third-order valence-corrected chi connectivity index (χ3v) is 5.54. The highest BCUT2D eigenvalue weighted by atomic mass is 35.5. The maximum absolute atomic E-state index is 12.5. The first-order chi connectivity index (χ1) is 15.9. The normalized spacial score (nSPS) is 13.5. The number of nitrogens with zero attached hydrogens (tertiary/aromatic N) is 4. The Bertz CT molecular complexity index is 1120. The van der Waals surface area contributed by atoms with Gasteiger partial charge in [-0.05, 0) is 36.4 Å². The molecule has 0 aliphatic carbocycles. The van der Waals surface area contributed by atoms with E-state index in [4.69, 9.17) is 28.5 Å². The molecule has 0 atom stereocenters. The highest BCUT2D eigenvalue weighted by Crippen LogP contribution is 2.21. The molecule has 0 radical (unpaired) electrons. The van der Waals surface area contributed by atoms with E-state index < -0.39 is 6.03 Å². The number of carbonyl (C=O) groups excluding carboxylic acids is 2. The van der Waals surface area contributed by atoms with Crippen molar-refractivity contribution in [2.24, 2.45) is 0 Å². The Labute approximate surface area is 201 Å². The van der Waals surface area contributed by atoms with Crippen molar-refractivity contribution in [2.75, 3.05) is 49.9 Å². The van der Waals surface area contributed by atoms with Gasteiger partial charge in [-0.3, -0.25) is 4.90 Å². The quantitative estimate of drug-likeness (QED) is 0.595. The van der Waals surface area contributed by atoms with Gasteiger partial charge in [-0.2, -0.15) is 10.5 Å². The number of nitriles is 2. The number of hydrogen-bond acceptors (Lipinski definition) is 5. The average molecular weight is 486 g/mol. The Morgan fingerprint density at radius 1 is 0.879 bits per heavy atom. The lowest BCUT2D eigenvalue weighted by Crippen LogP contribution is -2.51. The molecular weight excluding hydrogens is 465 g/mol. The smallest absolute Gasteiger partial charge is 0.321 e. The van der Waals surface area contributed by atoms with Crippen molar-refractivity contribution >= 4 is 46.6 Å². The highest BCUT2D eigenvalue weighted by molar-refractivity contribution is 6.31. The third kappa shape index (κ3) is 6.74. The summed E-state index contributed by atoms with van der Waals surface area (Å²) in [5.74, 6) is 0. The number of nitrogens with one attached hydrogen (secondary N) is 3. The standard InChI is InChI=1S/C22H21Cl2N7O2/c23-17-1-3-19(15(11-17)13-25)28-21(32)27-5-6-30-7-9-31(10-8-30)22(33)29-20-4-2-18(24)12-16(20)14-26/h1-4,11-12H,5-10H2,(H,29,33)(H2,27,28,32). The van der Waals surface area contributed by atoms with Crippen LogP contribution in [-0.4, -0.2) is 61.1 Å². The second-order valence-electron chi connectivity index (χ2n) is 7.24. The first kappa shape index (κ1) is 24.1. The van der Waals surface area contributed by atoms with Crippen LogP contribution >= 0.6 is 23.2 Å². The highest BCUT2D eigenvalue weighted by Gasteiger charge is 2.21. The van der Waals surface area contributed by atoms with E-state index in [1.165, 1.54) is 12.1 Å². The minimum Gasteiger partial charge on any atom is -0.337 e. The zero-order valence-corrected chi connectivity index (χ0v) is 19.1. The Hall–Kier alpha value is -3.50. The van der Waals surface area contributed by atoms with E-state index >= 15 is 0 Å². The van der Waals surface area contributed by atoms with Gasteiger partial charge >= 0.3 is 12.1 Å². The van der Waals surface area contributed by atoms with Crippen LogP contribution in [0, 0.1) is 22.7 Å². The van der Waals surface area contributed by atoms with Gasteiger partial charge in [0.05, 0.1) is 22.5 Å². The maximum Gasteiger partial charge on any atom is 0.321 e. The molecule has 0 unspecified atom stereocenters. The fourth-order valence-corrected chi connectivity index (χ4v) is 3.64. The van der Waals surface area contributed by atoms with Crippen molar-refractivity contribution in [2.45, 2.75) is 0 Å². The van der Waals surface area contributed by atoms with Crippen LogP contribution in [0.3, 0.4) is 0 Å². The molecule has 1 heterocycles. The number of halogens is 2. The van der Waals surface area contributed by atoms with Crippen LogP contribution in [0.5, 0.6) is 0 Å². The predicted molar refractivity (Wildman–Crippen MR) is 126 cm³/mol. The van der Waals surface area contributed by atoms with E-state index in [9.17, 15) is 14.9 Å². The summed E-state index contributed by atoms with van der Waals surface area (Å²) in [5.41, 5.74) is 1.40. The molecule has 33 heavy (non-hydrogen) atoms. The monoisotopic (exact) mass is 485 g/mol. The van der Waals surface area contributed by atoms with Gasteiger partial charge in [-0.1, -0.05) is 23.2 Å². The lowest BCUT2D eigenvalue weighted by molar-refractivity contribution is 0.148. The summed E-state index contributed by atoms with van der Waals surface area (Å²) in [6.07, 6.45) is 0. The summed E-state index contributed by atoms with van der Waals surface area (Å²) < 4.78 is 0. The topological polar surface area (TPSA) is 124 Å². The van der Waals surface area contributed by atoms with E-state index in [2.05, 4.69) is 20.9 Å². The molecule has 1 aliphatic heterocycles. The number of benzene rings is 2. The van der Waals surface area contributed by atoms with Gasteiger partial charge in [0.25, 0.3) is 0 Å². The number of urea groups is 2. The number of anilines is 2. The van der Waals surface area contributed by atoms with Gasteiger partial charge in [0.2, 0.25) is 0 Å². The van der Waals surface area contributed by atoms with Gasteiger partial charge in [-0.15, -0.1) is 0 Å². The fourth-order valence-electron chi connectivity index (χ4n) is 3.30. The lowest BCUT2D eigenvalue weighted by atomic mass is 10.2. The molecule has 0 bridgehead atoms. The molecule has 1 saturated heterocycles. The first-order valence-electron chi connectivity index (χ1n) is 10.1. The molecule has 1 aliphatic rings. The molecule has 2 aromatic carbocycles. The van der Waals surface area contributed by atoms with Crippen molar-refractivity contribution in [1.82, 2.24) is 15.1 Å². The van der Waals surface area contributed by atoms with Crippen LogP contribution in [0.4, 0.5) is 21.0 Å². The summed E-state index contributed by atoms with van der Waals surface area (Å²) in [6.45, 7) is 3.36. The molecule has 170 valence electrons. The number of hydrogen-bond donors (Lipinski definition) is 3. The minimum atomic E-state index is -0.414. The molecule has 0 spiro atoms. The first-order valence-corrected chi connectivity index (χ1v) is 10.9. The molecule has 11 heteroatoms. The number of amides is 4. The van der Waals surface area contributed by atoms with Crippen LogP contribution < -0.4 is 16.0 Å².